The fourth-order valence-electron chi connectivity index (χ4n) is 6.14. The van der Waals surface area contributed by atoms with Gasteiger partial charge in [-0.2, -0.15) is 0 Å². The first-order chi connectivity index (χ1) is 23.4. The lowest BCUT2D eigenvalue weighted by Gasteiger charge is -2.39. The van der Waals surface area contributed by atoms with Gasteiger partial charge in [0.05, 0.1) is 27.2 Å². The maximum Gasteiger partial charge on any atom is 0.295 e. The number of benzene rings is 3. The number of hydrogen-bond acceptors (Lipinski definition) is 7. The van der Waals surface area contributed by atoms with E-state index in [9.17, 15) is 19.2 Å². The molecule has 1 saturated heterocycles. The van der Waals surface area contributed by atoms with Crippen LogP contribution in [0.1, 0.15) is 60.0 Å². The van der Waals surface area contributed by atoms with Gasteiger partial charge in [0.15, 0.2) is 11.5 Å². The third kappa shape index (κ3) is 9.59. The van der Waals surface area contributed by atoms with Gasteiger partial charge >= 0.3 is 0 Å². The molecule has 0 saturated carbocycles. The van der Waals surface area contributed by atoms with Crippen LogP contribution < -0.4 is 24.8 Å². The number of hydrogen-bond donors (Lipinski definition) is 2. The summed E-state index contributed by atoms with van der Waals surface area (Å²) < 4.78 is 16.1. The molecule has 48 heavy (non-hydrogen) atoms. The monoisotopic (exact) mass is 657 g/mol. The van der Waals surface area contributed by atoms with Gasteiger partial charge in [-0.05, 0) is 74.6 Å². The van der Waals surface area contributed by atoms with Crippen LogP contribution in [-0.2, 0) is 27.2 Å². The first kappa shape index (κ1) is 36.0. The van der Waals surface area contributed by atoms with Crippen molar-refractivity contribution in [1.82, 2.24) is 15.5 Å². The third-order valence-corrected chi connectivity index (χ3v) is 8.69. The number of ketones is 1. The number of amides is 3. The second kappa shape index (κ2) is 18.5. The van der Waals surface area contributed by atoms with Crippen LogP contribution in [0.2, 0.25) is 0 Å². The summed E-state index contributed by atoms with van der Waals surface area (Å²) in [6, 6.07) is 22.0. The second-order valence-corrected chi connectivity index (χ2v) is 11.9. The molecule has 1 fully saturated rings. The van der Waals surface area contributed by atoms with Crippen LogP contribution in [0.5, 0.6) is 17.2 Å². The van der Waals surface area contributed by atoms with E-state index in [1.54, 1.807) is 0 Å². The van der Waals surface area contributed by atoms with Crippen molar-refractivity contribution < 1.29 is 33.4 Å². The molecule has 2 unspecified atom stereocenters. The SMILES string of the molecule is COc1cc(C(=O)C(=O)N2CCCC(C(=O)NCCCCc3ccccc3)C2C(=O)NCCCCc2ccccc2)cc(OC)c1OC. The zero-order valence-corrected chi connectivity index (χ0v) is 28.2. The second-order valence-electron chi connectivity index (χ2n) is 11.9. The summed E-state index contributed by atoms with van der Waals surface area (Å²) in [4.78, 5) is 56.1. The molecule has 3 aromatic carbocycles. The highest BCUT2D eigenvalue weighted by Gasteiger charge is 2.44. The number of nitrogens with one attached hydrogen (secondary N) is 2. The molecule has 2 atom stereocenters. The number of Topliss-reactive ketones (excluding diaryl/α,β-unsaturated/α-hetero) is 1. The Hall–Kier alpha value is -4.86. The summed E-state index contributed by atoms with van der Waals surface area (Å²) in [5.41, 5.74) is 2.49. The minimum Gasteiger partial charge on any atom is -0.493 e. The predicted octanol–water partition coefficient (Wildman–Crippen LogP) is 4.78. The molecule has 1 aliphatic rings. The van der Waals surface area contributed by atoms with Gasteiger partial charge in [0, 0.05) is 25.2 Å². The van der Waals surface area contributed by atoms with Gasteiger partial charge in [-0.15, -0.1) is 0 Å². The molecule has 1 aliphatic heterocycles. The first-order valence-electron chi connectivity index (χ1n) is 16.7. The Balaban J connectivity index is 1.46. The average Bonchev–Trinajstić information content (AvgIpc) is 3.13. The van der Waals surface area contributed by atoms with E-state index < -0.39 is 29.6 Å². The number of nitrogens with zero attached hydrogens (tertiary/aromatic N) is 1. The van der Waals surface area contributed by atoms with E-state index in [0.29, 0.717) is 25.9 Å². The van der Waals surface area contributed by atoms with E-state index in [4.69, 9.17) is 14.2 Å². The normalized spacial score (nSPS) is 15.7. The fourth-order valence-corrected chi connectivity index (χ4v) is 6.14. The summed E-state index contributed by atoms with van der Waals surface area (Å²) >= 11 is 0. The van der Waals surface area contributed by atoms with Crippen molar-refractivity contribution in [1.29, 1.82) is 0 Å². The number of rotatable bonds is 17. The molecule has 3 aromatic rings. The molecule has 0 aromatic heterocycles. The maximum atomic E-state index is 13.9. The molecular formula is C38H47N3O7. The van der Waals surface area contributed by atoms with Gasteiger partial charge in [-0.25, -0.2) is 0 Å². The van der Waals surface area contributed by atoms with E-state index in [2.05, 4.69) is 34.9 Å². The molecular weight excluding hydrogens is 610 g/mol. The van der Waals surface area contributed by atoms with Gasteiger partial charge < -0.3 is 29.7 Å². The molecule has 4 rings (SSSR count). The first-order valence-corrected chi connectivity index (χ1v) is 16.7. The topological polar surface area (TPSA) is 123 Å². The minimum absolute atomic E-state index is 0.0274. The molecule has 2 N–H and O–H groups in total. The van der Waals surface area contributed by atoms with Gasteiger partial charge in [-0.1, -0.05) is 60.7 Å². The van der Waals surface area contributed by atoms with E-state index in [-0.39, 0.29) is 35.3 Å². The Kier molecular flexibility index (Phi) is 13.8. The average molecular weight is 658 g/mol. The molecule has 0 bridgehead atoms. The van der Waals surface area contributed by atoms with Crippen molar-refractivity contribution in [3.05, 3.63) is 89.5 Å². The van der Waals surface area contributed by atoms with Crippen molar-refractivity contribution in [2.45, 2.75) is 57.4 Å². The number of aryl methyl sites for hydroxylation is 2. The highest BCUT2D eigenvalue weighted by atomic mass is 16.5. The number of piperidine rings is 1. The van der Waals surface area contributed by atoms with E-state index in [0.717, 1.165) is 38.5 Å². The van der Waals surface area contributed by atoms with Crippen molar-refractivity contribution in [2.75, 3.05) is 41.0 Å². The Morgan fingerprint density at radius 1 is 0.708 bits per heavy atom. The quantitative estimate of drug-likeness (QED) is 0.122. The van der Waals surface area contributed by atoms with E-state index in [1.807, 2.05) is 36.4 Å². The smallest absolute Gasteiger partial charge is 0.295 e. The number of carbonyl (C=O) groups excluding carboxylic acids is 4. The molecule has 10 heteroatoms. The van der Waals surface area contributed by atoms with Crippen LogP contribution >= 0.6 is 0 Å². The summed E-state index contributed by atoms with van der Waals surface area (Å²) in [5.74, 6) is -2.50. The highest BCUT2D eigenvalue weighted by molar-refractivity contribution is 6.43. The summed E-state index contributed by atoms with van der Waals surface area (Å²) in [6.45, 7) is 1.01. The van der Waals surface area contributed by atoms with Crippen molar-refractivity contribution >= 4 is 23.5 Å². The standard InChI is InChI=1S/C38H47N3O7/c1-46-31-25-29(26-32(47-2)35(31)48-3)34(42)38(45)41-24-14-21-30(36(43)39-22-12-10-19-27-15-6-4-7-16-27)33(41)37(44)40-23-13-11-20-28-17-8-5-9-18-28/h4-9,15-18,25-26,30,33H,10-14,19-24H2,1-3H3,(H,39,43)(H,40,44). The molecule has 0 spiro atoms. The molecule has 10 nitrogen and oxygen atoms in total. The lowest BCUT2D eigenvalue weighted by molar-refractivity contribution is -0.146. The predicted molar refractivity (Wildman–Crippen MR) is 183 cm³/mol. The number of unbranched alkanes of at least 4 members (excludes halogenated alkanes) is 2. The minimum atomic E-state index is -1.13. The zero-order chi connectivity index (χ0) is 34.3. The van der Waals surface area contributed by atoms with Crippen molar-refractivity contribution in [3.8, 4) is 17.2 Å². The van der Waals surface area contributed by atoms with Gasteiger partial charge in [-0.3, -0.25) is 19.2 Å². The molecule has 0 radical (unpaired) electrons. The van der Waals surface area contributed by atoms with Gasteiger partial charge in [0.1, 0.15) is 6.04 Å². The number of methoxy groups -OCH3 is 3. The fraction of sp³-hybridized carbons (Fsp3) is 0.421. The third-order valence-electron chi connectivity index (χ3n) is 8.69. The highest BCUT2D eigenvalue weighted by Crippen LogP contribution is 2.38. The lowest BCUT2D eigenvalue weighted by atomic mass is 9.86. The summed E-state index contributed by atoms with van der Waals surface area (Å²) in [5, 5.41) is 5.95. The number of ether oxygens (including phenoxy) is 3. The largest absolute Gasteiger partial charge is 0.493 e. The maximum absolute atomic E-state index is 13.9. The van der Waals surface area contributed by atoms with Gasteiger partial charge in [0.25, 0.3) is 11.7 Å². The van der Waals surface area contributed by atoms with Crippen molar-refractivity contribution in [3.63, 3.8) is 0 Å². The van der Waals surface area contributed by atoms with Crippen LogP contribution in [-0.4, -0.2) is 75.4 Å². The van der Waals surface area contributed by atoms with Crippen LogP contribution in [0.4, 0.5) is 0 Å². The lowest BCUT2D eigenvalue weighted by Crippen LogP contribution is -2.60. The molecule has 3 amide bonds. The van der Waals surface area contributed by atoms with Gasteiger partial charge in [0.2, 0.25) is 17.6 Å². The molecule has 0 aliphatic carbocycles. The Morgan fingerprint density at radius 2 is 1.23 bits per heavy atom. The Labute approximate surface area is 283 Å². The van der Waals surface area contributed by atoms with Crippen LogP contribution in [0, 0.1) is 5.92 Å². The van der Waals surface area contributed by atoms with Crippen LogP contribution in [0.25, 0.3) is 0 Å². The molecule has 1 heterocycles. The van der Waals surface area contributed by atoms with E-state index in [1.165, 1.54) is 49.5 Å². The van der Waals surface area contributed by atoms with Crippen LogP contribution in [0.3, 0.4) is 0 Å². The van der Waals surface area contributed by atoms with Crippen LogP contribution in [0.15, 0.2) is 72.8 Å². The summed E-state index contributed by atoms with van der Waals surface area (Å²) in [7, 11) is 4.28. The zero-order valence-electron chi connectivity index (χ0n) is 28.2. The summed E-state index contributed by atoms with van der Waals surface area (Å²) in [6.07, 6.45) is 5.94. The number of likely N-dealkylation sites (tertiary alicyclic amines) is 1. The molecule has 256 valence electrons. The Bertz CT molecular complexity index is 1490. The number of carbonyl (C=O) groups is 4. The van der Waals surface area contributed by atoms with Crippen molar-refractivity contribution in [2.24, 2.45) is 5.92 Å². The van der Waals surface area contributed by atoms with E-state index >= 15 is 0 Å². The Morgan fingerprint density at radius 3 is 1.73 bits per heavy atom.